The van der Waals surface area contributed by atoms with Crippen LogP contribution in [-0.2, 0) is 4.65 Å². The van der Waals surface area contributed by atoms with Crippen LogP contribution >= 0.6 is 0 Å². The number of pyridine rings is 1. The first kappa shape index (κ1) is 17.1. The number of rotatable bonds is 4. The third-order valence-electron chi connectivity index (χ3n) is 5.24. The summed E-state index contributed by atoms with van der Waals surface area (Å²) < 4.78 is 12.0. The van der Waals surface area contributed by atoms with Gasteiger partial charge in [0, 0.05) is 28.6 Å². The summed E-state index contributed by atoms with van der Waals surface area (Å²) in [7, 11) is 1.71. The molecule has 0 atom stereocenters. The number of fused-ring (bicyclic) bond motifs is 4. The van der Waals surface area contributed by atoms with Gasteiger partial charge in [0.15, 0.2) is 0 Å². The summed E-state index contributed by atoms with van der Waals surface area (Å²) in [6, 6.07) is 12.0. The Morgan fingerprint density at radius 2 is 1.85 bits per heavy atom. The van der Waals surface area contributed by atoms with Crippen LogP contribution in [-0.4, -0.2) is 28.8 Å². The predicted octanol–water partition coefficient (Wildman–Crippen LogP) is 3.94. The quantitative estimate of drug-likeness (QED) is 0.569. The molecule has 0 fully saturated rings. The van der Waals surface area contributed by atoms with E-state index in [4.69, 9.17) is 9.07 Å². The lowest BCUT2D eigenvalue weighted by molar-refractivity contribution is -0.0893. The van der Waals surface area contributed by atoms with Crippen molar-refractivity contribution in [2.45, 2.75) is 38.9 Å². The summed E-state index contributed by atoms with van der Waals surface area (Å²) >= 11 is 0. The third-order valence-corrected chi connectivity index (χ3v) is 5.24. The monoisotopic (exact) mass is 346 g/mol. The number of nitrogens with zero attached hydrogens (tertiary/aromatic N) is 1. The summed E-state index contributed by atoms with van der Waals surface area (Å²) in [5.41, 5.74) is 0.855. The first-order chi connectivity index (χ1) is 12.3. The highest BCUT2D eigenvalue weighted by Crippen LogP contribution is 2.31. The Kier molecular flexibility index (Phi) is 3.83. The summed E-state index contributed by atoms with van der Waals surface area (Å²) in [5, 5.41) is 14.5. The molecule has 131 valence electrons. The molecule has 2 aromatic heterocycles. The fraction of sp³-hybridized carbons (Fsp3) is 0.286. The highest BCUT2D eigenvalue weighted by molar-refractivity contribution is 6.53. The summed E-state index contributed by atoms with van der Waals surface area (Å²) in [5.74, 6) is 0. The Balaban J connectivity index is 1.84. The van der Waals surface area contributed by atoms with Crippen LogP contribution in [0.15, 0.2) is 53.2 Å². The molecule has 0 saturated heterocycles. The predicted molar refractivity (Wildman–Crippen MR) is 106 cm³/mol. The molecule has 0 aliphatic rings. The Morgan fingerprint density at radius 3 is 2.62 bits per heavy atom. The molecule has 0 amide bonds. The standard InChI is InChI=1S/C21H21BNO3/c1-20(2,24)21(3,4)26-22-16-6-5-7-17-19(16)15-10-14-12-23-9-8-13(14)11-18(15)25-17/h5-12,24H,1-4H3. The SMILES string of the molecule is CC(C)(O)C(C)(C)O[B]c1cccc2oc3cc4ccncc4cc3c12. The van der Waals surface area contributed by atoms with E-state index in [1.54, 1.807) is 27.5 Å². The molecule has 4 nitrogen and oxygen atoms in total. The number of hydrogen-bond acceptors (Lipinski definition) is 4. The lowest BCUT2D eigenvalue weighted by atomic mass is 9.80. The molecule has 0 aliphatic heterocycles. The molecule has 2 heterocycles. The van der Waals surface area contributed by atoms with Crippen LogP contribution < -0.4 is 5.46 Å². The van der Waals surface area contributed by atoms with Gasteiger partial charge in [0.1, 0.15) is 11.2 Å². The van der Waals surface area contributed by atoms with Crippen molar-refractivity contribution in [2.24, 2.45) is 0 Å². The van der Waals surface area contributed by atoms with Gasteiger partial charge in [-0.05, 0) is 62.8 Å². The van der Waals surface area contributed by atoms with Gasteiger partial charge < -0.3 is 14.2 Å². The zero-order valence-corrected chi connectivity index (χ0v) is 15.4. The van der Waals surface area contributed by atoms with E-state index < -0.39 is 11.2 Å². The van der Waals surface area contributed by atoms with Gasteiger partial charge in [0.25, 0.3) is 0 Å². The largest absolute Gasteiger partial charge is 0.456 e. The fourth-order valence-electron chi connectivity index (χ4n) is 2.89. The van der Waals surface area contributed by atoms with Crippen LogP contribution in [0.2, 0.25) is 0 Å². The molecule has 4 rings (SSSR count). The molecule has 0 spiro atoms. The molecule has 0 unspecified atom stereocenters. The highest BCUT2D eigenvalue weighted by Gasteiger charge is 2.36. The van der Waals surface area contributed by atoms with Crippen LogP contribution in [0.4, 0.5) is 0 Å². The molecule has 5 heteroatoms. The van der Waals surface area contributed by atoms with Gasteiger partial charge in [0.05, 0.1) is 11.2 Å². The minimum atomic E-state index is -0.974. The van der Waals surface area contributed by atoms with E-state index in [0.717, 1.165) is 38.2 Å². The Morgan fingerprint density at radius 1 is 1.04 bits per heavy atom. The maximum Gasteiger partial charge on any atom is 0.331 e. The van der Waals surface area contributed by atoms with Gasteiger partial charge in [-0.2, -0.15) is 0 Å². The average molecular weight is 346 g/mol. The molecule has 1 radical (unpaired) electrons. The van der Waals surface area contributed by atoms with Gasteiger partial charge >= 0.3 is 7.48 Å². The zero-order valence-electron chi connectivity index (χ0n) is 15.4. The summed E-state index contributed by atoms with van der Waals surface area (Å²) in [6.45, 7) is 7.23. The van der Waals surface area contributed by atoms with Gasteiger partial charge in [-0.3, -0.25) is 4.98 Å². The maximum absolute atomic E-state index is 10.3. The van der Waals surface area contributed by atoms with Crippen molar-refractivity contribution in [1.82, 2.24) is 4.98 Å². The van der Waals surface area contributed by atoms with Crippen molar-refractivity contribution in [3.63, 3.8) is 0 Å². The van der Waals surface area contributed by atoms with Crippen molar-refractivity contribution in [2.75, 3.05) is 0 Å². The van der Waals surface area contributed by atoms with Crippen LogP contribution in [0.1, 0.15) is 27.7 Å². The Hall–Kier alpha value is -2.37. The number of aromatic nitrogens is 1. The van der Waals surface area contributed by atoms with E-state index in [0.29, 0.717) is 0 Å². The minimum Gasteiger partial charge on any atom is -0.456 e. The summed E-state index contributed by atoms with van der Waals surface area (Å²) in [4.78, 5) is 4.21. The lowest BCUT2D eigenvalue weighted by Gasteiger charge is -2.37. The fourth-order valence-corrected chi connectivity index (χ4v) is 2.89. The second-order valence-corrected chi connectivity index (χ2v) is 7.70. The van der Waals surface area contributed by atoms with Crippen LogP contribution in [0.3, 0.4) is 0 Å². The van der Waals surface area contributed by atoms with E-state index in [1.807, 2.05) is 50.4 Å². The second-order valence-electron chi connectivity index (χ2n) is 7.70. The molecular formula is C21H21BNO3. The molecule has 4 aromatic rings. The van der Waals surface area contributed by atoms with Crippen LogP contribution in [0, 0.1) is 0 Å². The third kappa shape index (κ3) is 2.77. The molecule has 26 heavy (non-hydrogen) atoms. The van der Waals surface area contributed by atoms with E-state index in [9.17, 15) is 5.11 Å². The van der Waals surface area contributed by atoms with Crippen LogP contribution in [0.5, 0.6) is 0 Å². The first-order valence-electron chi connectivity index (χ1n) is 8.69. The number of benzene rings is 2. The van der Waals surface area contributed by atoms with Crippen molar-refractivity contribution in [1.29, 1.82) is 0 Å². The molecule has 0 saturated carbocycles. The van der Waals surface area contributed by atoms with Gasteiger partial charge in [-0.1, -0.05) is 12.1 Å². The molecule has 0 bridgehead atoms. The smallest absolute Gasteiger partial charge is 0.331 e. The van der Waals surface area contributed by atoms with E-state index in [-0.39, 0.29) is 0 Å². The zero-order chi connectivity index (χ0) is 18.5. The minimum absolute atomic E-state index is 0.731. The molecule has 0 aliphatic carbocycles. The number of aliphatic hydroxyl groups is 1. The van der Waals surface area contributed by atoms with Gasteiger partial charge in [-0.15, -0.1) is 0 Å². The van der Waals surface area contributed by atoms with Crippen molar-refractivity contribution < 1.29 is 14.2 Å². The Labute approximate surface area is 153 Å². The van der Waals surface area contributed by atoms with Crippen molar-refractivity contribution in [3.8, 4) is 0 Å². The van der Waals surface area contributed by atoms with Crippen molar-refractivity contribution in [3.05, 3.63) is 48.8 Å². The number of hydrogen-bond donors (Lipinski definition) is 1. The lowest BCUT2D eigenvalue weighted by Crippen LogP contribution is -2.49. The topological polar surface area (TPSA) is 55.5 Å². The summed E-state index contributed by atoms with van der Waals surface area (Å²) in [6.07, 6.45) is 3.64. The van der Waals surface area contributed by atoms with Crippen LogP contribution in [0.25, 0.3) is 32.7 Å². The molecule has 1 N–H and O–H groups in total. The number of furan rings is 1. The molecular weight excluding hydrogens is 325 g/mol. The first-order valence-corrected chi connectivity index (χ1v) is 8.69. The average Bonchev–Trinajstić information content (AvgIpc) is 2.95. The van der Waals surface area contributed by atoms with E-state index >= 15 is 0 Å². The molecule has 2 aromatic carbocycles. The second kappa shape index (κ2) is 5.83. The van der Waals surface area contributed by atoms with Gasteiger partial charge in [-0.25, -0.2) is 0 Å². The van der Waals surface area contributed by atoms with E-state index in [2.05, 4.69) is 11.1 Å². The Bertz CT molecular complexity index is 1110. The van der Waals surface area contributed by atoms with Crippen molar-refractivity contribution >= 4 is 45.7 Å². The highest BCUT2D eigenvalue weighted by atomic mass is 16.5. The van der Waals surface area contributed by atoms with Gasteiger partial charge in [0.2, 0.25) is 0 Å². The maximum atomic E-state index is 10.3. The normalized spacial score (nSPS) is 13.0. The van der Waals surface area contributed by atoms with E-state index in [1.165, 1.54) is 0 Å².